The minimum Gasteiger partial charge on any atom is -0.328 e. The van der Waals surface area contributed by atoms with Crippen molar-refractivity contribution in [1.29, 1.82) is 0 Å². The summed E-state index contributed by atoms with van der Waals surface area (Å²) in [5.74, 6) is 0. The number of rotatable bonds is 3. The van der Waals surface area contributed by atoms with Crippen LogP contribution in [0.3, 0.4) is 0 Å². The van der Waals surface area contributed by atoms with Crippen molar-refractivity contribution < 1.29 is 0 Å². The van der Waals surface area contributed by atoms with Gasteiger partial charge in [-0.3, -0.25) is 0 Å². The second kappa shape index (κ2) is 4.13. The topological polar surface area (TPSA) is 50.9 Å². The summed E-state index contributed by atoms with van der Waals surface area (Å²) in [5.41, 5.74) is 6.85. The highest BCUT2D eigenvalue weighted by molar-refractivity contribution is 7.18. The van der Waals surface area contributed by atoms with E-state index in [1.165, 1.54) is 9.71 Å². The van der Waals surface area contributed by atoms with Crippen LogP contribution in [-0.4, -0.2) is 17.1 Å². The lowest BCUT2D eigenvalue weighted by Crippen LogP contribution is -2.48. The zero-order valence-corrected chi connectivity index (χ0v) is 9.83. The number of benzene rings is 1. The van der Waals surface area contributed by atoms with E-state index in [0.717, 1.165) is 24.9 Å². The van der Waals surface area contributed by atoms with E-state index in [4.69, 9.17) is 5.73 Å². The molecule has 1 heterocycles. The highest BCUT2D eigenvalue weighted by Gasteiger charge is 2.25. The number of hydrogen-bond acceptors (Lipinski definition) is 4. The Bertz CT molecular complexity index is 455. The molecule has 3 rings (SSSR count). The van der Waals surface area contributed by atoms with Crippen LogP contribution in [0.15, 0.2) is 24.3 Å². The zero-order valence-electron chi connectivity index (χ0n) is 9.02. The minimum atomic E-state index is 0.410. The van der Waals surface area contributed by atoms with Gasteiger partial charge in [-0.1, -0.05) is 12.1 Å². The molecule has 1 aliphatic rings. The molecular formula is C12H15N3S. The van der Waals surface area contributed by atoms with Crippen LogP contribution in [0.25, 0.3) is 10.2 Å². The molecule has 0 atom stereocenters. The predicted molar refractivity (Wildman–Crippen MR) is 67.5 cm³/mol. The maximum atomic E-state index is 5.75. The molecule has 2 aromatic rings. The fourth-order valence-corrected chi connectivity index (χ4v) is 2.97. The molecule has 1 aromatic carbocycles. The molecule has 1 fully saturated rings. The van der Waals surface area contributed by atoms with E-state index in [0.29, 0.717) is 12.1 Å². The summed E-state index contributed by atoms with van der Waals surface area (Å²) in [6.45, 7) is 0.872. The number of fused-ring (bicyclic) bond motifs is 1. The van der Waals surface area contributed by atoms with Crippen molar-refractivity contribution in [2.45, 2.75) is 31.5 Å². The van der Waals surface area contributed by atoms with E-state index in [9.17, 15) is 0 Å². The standard InChI is InChI=1S/C12H15N3S/c13-8-5-9(6-8)14-7-12-15-10-3-1-2-4-11(10)16-12/h1-4,8-9,14H,5-7,13H2. The van der Waals surface area contributed by atoms with Crippen LogP contribution in [0.5, 0.6) is 0 Å². The lowest BCUT2D eigenvalue weighted by Gasteiger charge is -2.32. The van der Waals surface area contributed by atoms with Crippen LogP contribution in [-0.2, 0) is 6.54 Å². The summed E-state index contributed by atoms with van der Waals surface area (Å²) in [5, 5.41) is 4.66. The molecule has 1 aromatic heterocycles. The summed E-state index contributed by atoms with van der Waals surface area (Å²) < 4.78 is 1.27. The Balaban J connectivity index is 1.65. The minimum absolute atomic E-state index is 0.410. The first kappa shape index (κ1) is 10.2. The number of thiazole rings is 1. The van der Waals surface area contributed by atoms with Crippen molar-refractivity contribution in [2.24, 2.45) is 5.73 Å². The van der Waals surface area contributed by atoms with E-state index in [2.05, 4.69) is 28.5 Å². The van der Waals surface area contributed by atoms with Crippen LogP contribution in [0.2, 0.25) is 0 Å². The van der Waals surface area contributed by atoms with Gasteiger partial charge in [-0.05, 0) is 25.0 Å². The third-order valence-electron chi connectivity index (χ3n) is 3.05. The van der Waals surface area contributed by atoms with Gasteiger partial charge < -0.3 is 11.1 Å². The summed E-state index contributed by atoms with van der Waals surface area (Å²) in [4.78, 5) is 4.59. The van der Waals surface area contributed by atoms with Crippen LogP contribution in [0.4, 0.5) is 0 Å². The first-order valence-electron chi connectivity index (χ1n) is 5.64. The van der Waals surface area contributed by atoms with Gasteiger partial charge in [0.1, 0.15) is 5.01 Å². The number of nitrogens with one attached hydrogen (secondary N) is 1. The number of hydrogen-bond donors (Lipinski definition) is 2. The first-order chi connectivity index (χ1) is 7.81. The van der Waals surface area contributed by atoms with Gasteiger partial charge in [0.2, 0.25) is 0 Å². The van der Waals surface area contributed by atoms with Gasteiger partial charge in [-0.2, -0.15) is 0 Å². The largest absolute Gasteiger partial charge is 0.328 e. The van der Waals surface area contributed by atoms with Crippen molar-refractivity contribution >= 4 is 21.6 Å². The highest BCUT2D eigenvalue weighted by Crippen LogP contribution is 2.23. The second-order valence-corrected chi connectivity index (χ2v) is 5.50. The van der Waals surface area contributed by atoms with Gasteiger partial charge in [0.25, 0.3) is 0 Å². The van der Waals surface area contributed by atoms with Crippen LogP contribution in [0, 0.1) is 0 Å². The zero-order chi connectivity index (χ0) is 11.0. The summed E-state index contributed by atoms with van der Waals surface area (Å²) in [6.07, 6.45) is 2.20. The average molecular weight is 233 g/mol. The van der Waals surface area contributed by atoms with Gasteiger partial charge in [-0.15, -0.1) is 11.3 Å². The Hall–Kier alpha value is -0.970. The normalized spacial score (nSPS) is 24.6. The smallest absolute Gasteiger partial charge is 0.108 e. The van der Waals surface area contributed by atoms with Crippen molar-refractivity contribution in [3.63, 3.8) is 0 Å². The fraction of sp³-hybridized carbons (Fsp3) is 0.417. The summed E-state index contributed by atoms with van der Waals surface area (Å²) in [7, 11) is 0. The molecule has 3 N–H and O–H groups in total. The second-order valence-electron chi connectivity index (χ2n) is 4.38. The van der Waals surface area contributed by atoms with E-state index in [1.54, 1.807) is 11.3 Å². The van der Waals surface area contributed by atoms with E-state index >= 15 is 0 Å². The third-order valence-corrected chi connectivity index (χ3v) is 4.09. The molecule has 4 heteroatoms. The molecule has 84 valence electrons. The number of para-hydroxylation sites is 1. The number of nitrogens with zero attached hydrogens (tertiary/aromatic N) is 1. The molecule has 0 radical (unpaired) electrons. The Kier molecular flexibility index (Phi) is 2.63. The van der Waals surface area contributed by atoms with Crippen LogP contribution >= 0.6 is 11.3 Å². The quantitative estimate of drug-likeness (QED) is 0.851. The first-order valence-corrected chi connectivity index (χ1v) is 6.46. The van der Waals surface area contributed by atoms with Crippen LogP contribution < -0.4 is 11.1 Å². The molecule has 0 aliphatic heterocycles. The van der Waals surface area contributed by atoms with Crippen molar-refractivity contribution in [1.82, 2.24) is 10.3 Å². The molecule has 0 unspecified atom stereocenters. The Morgan fingerprint density at radius 3 is 2.94 bits per heavy atom. The lowest BCUT2D eigenvalue weighted by molar-refractivity contribution is 0.291. The van der Waals surface area contributed by atoms with Crippen molar-refractivity contribution in [3.8, 4) is 0 Å². The van der Waals surface area contributed by atoms with Gasteiger partial charge in [0.05, 0.1) is 10.2 Å². The van der Waals surface area contributed by atoms with Gasteiger partial charge in [-0.25, -0.2) is 4.98 Å². The van der Waals surface area contributed by atoms with E-state index in [1.807, 2.05) is 6.07 Å². The molecule has 1 aliphatic carbocycles. The maximum absolute atomic E-state index is 5.75. The summed E-state index contributed by atoms with van der Waals surface area (Å²) in [6, 6.07) is 9.28. The molecule has 0 saturated heterocycles. The SMILES string of the molecule is NC1CC(NCc2nc3ccccc3s2)C1. The summed E-state index contributed by atoms with van der Waals surface area (Å²) >= 11 is 1.77. The highest BCUT2D eigenvalue weighted by atomic mass is 32.1. The fourth-order valence-electron chi connectivity index (χ4n) is 2.06. The average Bonchev–Trinajstić information content (AvgIpc) is 2.65. The Labute approximate surface area is 98.7 Å². The molecule has 0 amide bonds. The van der Waals surface area contributed by atoms with Crippen molar-refractivity contribution in [3.05, 3.63) is 29.3 Å². The maximum Gasteiger partial charge on any atom is 0.108 e. The molecule has 3 nitrogen and oxygen atoms in total. The Morgan fingerprint density at radius 2 is 2.19 bits per heavy atom. The number of aromatic nitrogens is 1. The molecule has 16 heavy (non-hydrogen) atoms. The van der Waals surface area contributed by atoms with E-state index in [-0.39, 0.29) is 0 Å². The van der Waals surface area contributed by atoms with Gasteiger partial charge >= 0.3 is 0 Å². The predicted octanol–water partition coefficient (Wildman–Crippen LogP) is 1.88. The number of nitrogens with two attached hydrogens (primary N) is 1. The monoisotopic (exact) mass is 233 g/mol. The van der Waals surface area contributed by atoms with Crippen molar-refractivity contribution in [2.75, 3.05) is 0 Å². The van der Waals surface area contributed by atoms with E-state index < -0.39 is 0 Å². The van der Waals surface area contributed by atoms with Crippen LogP contribution in [0.1, 0.15) is 17.8 Å². The lowest BCUT2D eigenvalue weighted by atomic mass is 9.88. The third kappa shape index (κ3) is 1.96. The van der Waals surface area contributed by atoms with Gasteiger partial charge in [0.15, 0.2) is 0 Å². The molecule has 0 spiro atoms. The molecular weight excluding hydrogens is 218 g/mol. The van der Waals surface area contributed by atoms with Gasteiger partial charge in [0, 0.05) is 18.6 Å². The molecule has 0 bridgehead atoms. The Morgan fingerprint density at radius 1 is 1.38 bits per heavy atom. The molecule has 1 saturated carbocycles.